The van der Waals surface area contributed by atoms with E-state index in [1.54, 1.807) is 19.2 Å². The maximum absolute atomic E-state index is 11.8. The molecule has 7 heteroatoms. The lowest BCUT2D eigenvalue weighted by atomic mass is 10.1. The highest BCUT2D eigenvalue weighted by Gasteiger charge is 2.26. The van der Waals surface area contributed by atoms with Crippen LogP contribution in [-0.2, 0) is 9.53 Å². The number of carbonyl (C=O) groups excluding carboxylic acids is 1. The molecule has 0 bridgehead atoms. The minimum absolute atomic E-state index is 0.255. The Bertz CT molecular complexity index is 583. The molecule has 20 heavy (non-hydrogen) atoms. The molecule has 2 heterocycles. The molecule has 1 unspecified atom stereocenters. The van der Waals surface area contributed by atoms with Crippen LogP contribution in [0.4, 0.5) is 0 Å². The van der Waals surface area contributed by atoms with Gasteiger partial charge in [0.05, 0.1) is 6.61 Å². The van der Waals surface area contributed by atoms with Crippen molar-refractivity contribution < 1.29 is 14.1 Å². The first-order chi connectivity index (χ1) is 9.65. The summed E-state index contributed by atoms with van der Waals surface area (Å²) in [5.41, 5.74) is 0.585. The van der Waals surface area contributed by atoms with Crippen LogP contribution in [-0.4, -0.2) is 27.7 Å². The number of rotatable bonds is 5. The van der Waals surface area contributed by atoms with Gasteiger partial charge in [-0.05, 0) is 41.4 Å². The van der Waals surface area contributed by atoms with Crippen LogP contribution in [0.1, 0.15) is 32.1 Å². The summed E-state index contributed by atoms with van der Waals surface area (Å²) in [4.78, 5) is 20.2. The normalized spacial score (nSPS) is 12.2. The number of ether oxygens (including phenoxy) is 1. The molecule has 6 nitrogen and oxygen atoms in total. The fourth-order valence-corrected chi connectivity index (χ4v) is 1.91. The lowest BCUT2D eigenvalue weighted by Crippen LogP contribution is -2.15. The van der Waals surface area contributed by atoms with E-state index in [0.717, 1.165) is 4.47 Å². The zero-order chi connectivity index (χ0) is 14.5. The predicted molar refractivity (Wildman–Crippen MR) is 74.9 cm³/mol. The number of hydrogen-bond acceptors (Lipinski definition) is 6. The van der Waals surface area contributed by atoms with Gasteiger partial charge in [-0.2, -0.15) is 4.98 Å². The van der Waals surface area contributed by atoms with Crippen LogP contribution >= 0.6 is 15.9 Å². The highest BCUT2D eigenvalue weighted by atomic mass is 79.9. The maximum Gasteiger partial charge on any atom is 0.318 e. The Hall–Kier alpha value is -1.76. The second-order valence-corrected chi connectivity index (χ2v) is 4.95. The number of pyridine rings is 1. The van der Waals surface area contributed by atoms with Gasteiger partial charge in [0.2, 0.25) is 11.7 Å². The topological polar surface area (TPSA) is 78.1 Å². The third-order valence-corrected chi connectivity index (χ3v) is 3.14. The summed E-state index contributed by atoms with van der Waals surface area (Å²) >= 11 is 3.31. The summed E-state index contributed by atoms with van der Waals surface area (Å²) in [6.45, 7) is 3.95. The fraction of sp³-hybridized carbons (Fsp3) is 0.385. The summed E-state index contributed by atoms with van der Waals surface area (Å²) in [5, 5.41) is 3.86. The Balaban J connectivity index is 2.23. The van der Waals surface area contributed by atoms with Crippen LogP contribution in [0, 0.1) is 0 Å². The summed E-state index contributed by atoms with van der Waals surface area (Å²) in [6, 6.07) is 3.60. The molecule has 0 saturated carbocycles. The molecular formula is C13H14BrN3O3. The van der Waals surface area contributed by atoms with Crippen molar-refractivity contribution in [2.45, 2.75) is 26.2 Å². The Morgan fingerprint density at radius 1 is 1.45 bits per heavy atom. The largest absolute Gasteiger partial charge is 0.465 e. The van der Waals surface area contributed by atoms with Crippen molar-refractivity contribution in [2.24, 2.45) is 0 Å². The Kier molecular flexibility index (Phi) is 4.84. The quantitative estimate of drug-likeness (QED) is 0.779. The standard InChI is InChI=1S/C13H14BrN3O3/c1-3-9(13(18)19-4-2)12-16-11(17-20-12)10-6-5-8(14)7-15-10/h5-7,9H,3-4H2,1-2H3. The molecule has 2 rings (SSSR count). The van der Waals surface area contributed by atoms with E-state index in [-0.39, 0.29) is 11.9 Å². The van der Waals surface area contributed by atoms with Gasteiger partial charge in [-0.1, -0.05) is 12.1 Å². The van der Waals surface area contributed by atoms with E-state index in [9.17, 15) is 4.79 Å². The average molecular weight is 340 g/mol. The summed E-state index contributed by atoms with van der Waals surface area (Å²) in [5.74, 6) is -0.276. The molecule has 0 aliphatic heterocycles. The predicted octanol–water partition coefficient (Wildman–Crippen LogP) is 2.95. The van der Waals surface area contributed by atoms with Crippen LogP contribution in [0.5, 0.6) is 0 Å². The monoisotopic (exact) mass is 339 g/mol. The number of nitrogens with zero attached hydrogens (tertiary/aromatic N) is 3. The van der Waals surface area contributed by atoms with Crippen LogP contribution in [0.3, 0.4) is 0 Å². The van der Waals surface area contributed by atoms with Crippen LogP contribution in [0.25, 0.3) is 11.5 Å². The second-order valence-electron chi connectivity index (χ2n) is 4.03. The van der Waals surface area contributed by atoms with Crippen molar-refractivity contribution in [3.8, 4) is 11.5 Å². The SMILES string of the molecule is CCOC(=O)C(CC)c1nc(-c2ccc(Br)cn2)no1. The smallest absolute Gasteiger partial charge is 0.318 e. The lowest BCUT2D eigenvalue weighted by molar-refractivity contribution is -0.145. The first-order valence-corrected chi connectivity index (χ1v) is 7.07. The van der Waals surface area contributed by atoms with E-state index in [0.29, 0.717) is 24.5 Å². The van der Waals surface area contributed by atoms with Crippen LogP contribution in [0.15, 0.2) is 27.3 Å². The Labute approximate surface area is 124 Å². The summed E-state index contributed by atoms with van der Waals surface area (Å²) in [6.07, 6.45) is 2.18. The van der Waals surface area contributed by atoms with Crippen LogP contribution in [0.2, 0.25) is 0 Å². The van der Waals surface area contributed by atoms with E-state index in [2.05, 4.69) is 31.1 Å². The van der Waals surface area contributed by atoms with E-state index in [1.165, 1.54) is 0 Å². The molecule has 2 aromatic heterocycles. The van der Waals surface area contributed by atoms with E-state index in [4.69, 9.17) is 9.26 Å². The van der Waals surface area contributed by atoms with Gasteiger partial charge in [-0.15, -0.1) is 0 Å². The van der Waals surface area contributed by atoms with Gasteiger partial charge in [0.25, 0.3) is 0 Å². The average Bonchev–Trinajstić information content (AvgIpc) is 2.90. The molecule has 0 aromatic carbocycles. The highest BCUT2D eigenvalue weighted by Crippen LogP contribution is 2.23. The molecule has 106 valence electrons. The molecule has 0 radical (unpaired) electrons. The number of hydrogen-bond donors (Lipinski definition) is 0. The first-order valence-electron chi connectivity index (χ1n) is 6.27. The van der Waals surface area contributed by atoms with Gasteiger partial charge < -0.3 is 9.26 Å². The van der Waals surface area contributed by atoms with Crippen molar-refractivity contribution in [2.75, 3.05) is 6.61 Å². The third kappa shape index (κ3) is 3.22. The van der Waals surface area contributed by atoms with Gasteiger partial charge in [0.15, 0.2) is 0 Å². The third-order valence-electron chi connectivity index (χ3n) is 2.68. The van der Waals surface area contributed by atoms with Crippen molar-refractivity contribution in [3.63, 3.8) is 0 Å². The van der Waals surface area contributed by atoms with Gasteiger partial charge in [0, 0.05) is 10.7 Å². The highest BCUT2D eigenvalue weighted by molar-refractivity contribution is 9.10. The minimum atomic E-state index is -0.536. The second kappa shape index (κ2) is 6.60. The van der Waals surface area contributed by atoms with Crippen molar-refractivity contribution in [3.05, 3.63) is 28.7 Å². The summed E-state index contributed by atoms with van der Waals surface area (Å²) < 4.78 is 11.0. The molecule has 0 spiro atoms. The molecule has 2 aromatic rings. The molecule has 0 fully saturated rings. The maximum atomic E-state index is 11.8. The fourth-order valence-electron chi connectivity index (χ4n) is 1.67. The number of halogens is 1. The van der Waals surface area contributed by atoms with Gasteiger partial charge >= 0.3 is 5.97 Å². The van der Waals surface area contributed by atoms with E-state index >= 15 is 0 Å². The number of esters is 1. The number of carbonyl (C=O) groups is 1. The summed E-state index contributed by atoms with van der Waals surface area (Å²) in [7, 11) is 0. The molecule has 0 saturated heterocycles. The van der Waals surface area contributed by atoms with Gasteiger partial charge in [-0.3, -0.25) is 9.78 Å². The van der Waals surface area contributed by atoms with Crippen molar-refractivity contribution in [1.82, 2.24) is 15.1 Å². The van der Waals surface area contributed by atoms with Crippen molar-refractivity contribution in [1.29, 1.82) is 0 Å². The first kappa shape index (κ1) is 14.6. The molecule has 0 amide bonds. The van der Waals surface area contributed by atoms with Gasteiger partial charge in [-0.25, -0.2) is 0 Å². The lowest BCUT2D eigenvalue weighted by Gasteiger charge is -2.08. The molecule has 0 aliphatic rings. The Morgan fingerprint density at radius 3 is 2.85 bits per heavy atom. The minimum Gasteiger partial charge on any atom is -0.465 e. The Morgan fingerprint density at radius 2 is 2.25 bits per heavy atom. The zero-order valence-corrected chi connectivity index (χ0v) is 12.8. The number of aromatic nitrogens is 3. The molecular weight excluding hydrogens is 326 g/mol. The van der Waals surface area contributed by atoms with Crippen molar-refractivity contribution >= 4 is 21.9 Å². The zero-order valence-electron chi connectivity index (χ0n) is 11.2. The molecule has 0 aliphatic carbocycles. The molecule has 1 atom stereocenters. The van der Waals surface area contributed by atoms with E-state index < -0.39 is 5.92 Å². The van der Waals surface area contributed by atoms with E-state index in [1.807, 2.05) is 13.0 Å². The van der Waals surface area contributed by atoms with Crippen LogP contribution < -0.4 is 0 Å². The molecule has 0 N–H and O–H groups in total. The van der Waals surface area contributed by atoms with Gasteiger partial charge in [0.1, 0.15) is 11.6 Å².